The van der Waals surface area contributed by atoms with Gasteiger partial charge in [0.05, 0.1) is 17.9 Å². The van der Waals surface area contributed by atoms with Crippen molar-refractivity contribution in [2.24, 2.45) is 0 Å². The fraction of sp³-hybridized carbons (Fsp3) is 0.357. The predicted molar refractivity (Wildman–Crippen MR) is 69.1 cm³/mol. The molecule has 3 rings (SSSR count). The highest BCUT2D eigenvalue weighted by Gasteiger charge is 2.25. The van der Waals surface area contributed by atoms with Crippen LogP contribution in [0, 0.1) is 0 Å². The molecule has 0 bridgehead atoms. The number of benzene rings is 1. The Balaban J connectivity index is 2.01. The van der Waals surface area contributed by atoms with Crippen LogP contribution in [-0.4, -0.2) is 18.4 Å². The van der Waals surface area contributed by atoms with Crippen molar-refractivity contribution >= 4 is 5.88 Å². The molecular formula is C14H16N2O2. The lowest BCUT2D eigenvalue weighted by atomic mass is 9.93. The highest BCUT2D eigenvalue weighted by molar-refractivity contribution is 5.75. The van der Waals surface area contributed by atoms with E-state index in [0.717, 1.165) is 36.3 Å². The Kier molecular flexibility index (Phi) is 3.02. The van der Waals surface area contributed by atoms with E-state index < -0.39 is 0 Å². The van der Waals surface area contributed by atoms with Crippen molar-refractivity contribution < 1.29 is 9.26 Å². The van der Waals surface area contributed by atoms with Crippen LogP contribution in [0.4, 0.5) is 5.88 Å². The van der Waals surface area contributed by atoms with Gasteiger partial charge in [0.1, 0.15) is 0 Å². The first-order valence-corrected chi connectivity index (χ1v) is 6.24. The molecular weight excluding hydrogens is 228 g/mol. The number of rotatable bonds is 2. The molecule has 2 heterocycles. The molecule has 1 aromatic carbocycles. The standard InChI is InChI=1S/C14H16N2O2/c15-14-12(10-5-2-1-3-6-10)13(16-18-14)11-7-4-8-17-9-11/h1-3,5-6,11H,4,7-9,15H2. The zero-order valence-corrected chi connectivity index (χ0v) is 10.1. The summed E-state index contributed by atoms with van der Waals surface area (Å²) in [6.45, 7) is 1.54. The summed E-state index contributed by atoms with van der Waals surface area (Å²) in [7, 11) is 0. The summed E-state index contributed by atoms with van der Waals surface area (Å²) in [4.78, 5) is 0. The van der Waals surface area contributed by atoms with E-state index in [9.17, 15) is 0 Å². The Morgan fingerprint density at radius 1 is 1.22 bits per heavy atom. The second kappa shape index (κ2) is 4.82. The lowest BCUT2D eigenvalue weighted by Gasteiger charge is -2.20. The normalized spacial score (nSPS) is 19.9. The van der Waals surface area contributed by atoms with Crippen LogP contribution in [0.1, 0.15) is 24.5 Å². The minimum Gasteiger partial charge on any atom is -0.381 e. The average Bonchev–Trinajstić information content (AvgIpc) is 2.83. The summed E-state index contributed by atoms with van der Waals surface area (Å²) in [5.41, 5.74) is 8.81. The molecule has 0 spiro atoms. The smallest absolute Gasteiger partial charge is 0.230 e. The molecule has 0 radical (unpaired) electrons. The van der Waals surface area contributed by atoms with E-state index in [1.54, 1.807) is 0 Å². The number of aromatic nitrogens is 1. The topological polar surface area (TPSA) is 61.3 Å². The Hall–Kier alpha value is -1.81. The Bertz CT molecular complexity index is 516. The minimum atomic E-state index is 0.287. The third-order valence-electron chi connectivity index (χ3n) is 3.35. The summed E-state index contributed by atoms with van der Waals surface area (Å²) in [5, 5.41) is 4.14. The molecule has 1 fully saturated rings. The maximum Gasteiger partial charge on any atom is 0.230 e. The molecule has 0 amide bonds. The van der Waals surface area contributed by atoms with E-state index in [2.05, 4.69) is 5.16 Å². The molecule has 1 aliphatic rings. The van der Waals surface area contributed by atoms with Gasteiger partial charge in [0.2, 0.25) is 5.88 Å². The summed E-state index contributed by atoms with van der Waals surface area (Å²) < 4.78 is 10.7. The van der Waals surface area contributed by atoms with Gasteiger partial charge in [0.15, 0.2) is 0 Å². The molecule has 18 heavy (non-hydrogen) atoms. The van der Waals surface area contributed by atoms with Crippen molar-refractivity contribution in [1.29, 1.82) is 0 Å². The van der Waals surface area contributed by atoms with Crippen LogP contribution in [0.3, 0.4) is 0 Å². The largest absolute Gasteiger partial charge is 0.381 e. The third kappa shape index (κ3) is 1.99. The Morgan fingerprint density at radius 3 is 2.78 bits per heavy atom. The van der Waals surface area contributed by atoms with Gasteiger partial charge >= 0.3 is 0 Å². The van der Waals surface area contributed by atoms with Gasteiger partial charge in [-0.15, -0.1) is 0 Å². The molecule has 1 saturated heterocycles. The van der Waals surface area contributed by atoms with Gasteiger partial charge in [-0.3, -0.25) is 0 Å². The fourth-order valence-electron chi connectivity index (χ4n) is 2.45. The number of anilines is 1. The molecule has 1 aromatic heterocycles. The van der Waals surface area contributed by atoms with Gasteiger partial charge < -0.3 is 15.0 Å². The molecule has 2 aromatic rings. The summed E-state index contributed by atoms with van der Waals surface area (Å²) in [6, 6.07) is 10.0. The van der Waals surface area contributed by atoms with Gasteiger partial charge in [0, 0.05) is 12.5 Å². The van der Waals surface area contributed by atoms with E-state index >= 15 is 0 Å². The second-order valence-corrected chi connectivity index (χ2v) is 4.59. The molecule has 4 heteroatoms. The Morgan fingerprint density at radius 2 is 2.06 bits per heavy atom. The predicted octanol–water partition coefficient (Wildman–Crippen LogP) is 2.82. The zero-order chi connectivity index (χ0) is 12.4. The maximum absolute atomic E-state index is 5.91. The first-order chi connectivity index (χ1) is 8.86. The molecule has 1 aliphatic heterocycles. The number of hydrogen-bond donors (Lipinski definition) is 1. The number of nitrogens with two attached hydrogens (primary N) is 1. The van der Waals surface area contributed by atoms with Gasteiger partial charge in [-0.2, -0.15) is 0 Å². The SMILES string of the molecule is Nc1onc(C2CCCOC2)c1-c1ccccc1. The maximum atomic E-state index is 5.91. The minimum absolute atomic E-state index is 0.287. The van der Waals surface area contributed by atoms with Crippen molar-refractivity contribution in [2.45, 2.75) is 18.8 Å². The van der Waals surface area contributed by atoms with Gasteiger partial charge in [-0.1, -0.05) is 35.5 Å². The van der Waals surface area contributed by atoms with Crippen molar-refractivity contribution in [3.05, 3.63) is 36.0 Å². The number of nitrogens with zero attached hydrogens (tertiary/aromatic N) is 1. The van der Waals surface area contributed by atoms with E-state index in [4.69, 9.17) is 15.0 Å². The monoisotopic (exact) mass is 244 g/mol. The van der Waals surface area contributed by atoms with Crippen LogP contribution in [0.2, 0.25) is 0 Å². The zero-order valence-electron chi connectivity index (χ0n) is 10.1. The highest BCUT2D eigenvalue weighted by atomic mass is 16.5. The molecule has 1 unspecified atom stereocenters. The number of ether oxygens (including phenoxy) is 1. The molecule has 2 N–H and O–H groups in total. The van der Waals surface area contributed by atoms with Crippen molar-refractivity contribution in [1.82, 2.24) is 5.16 Å². The van der Waals surface area contributed by atoms with Crippen LogP contribution in [0.25, 0.3) is 11.1 Å². The molecule has 4 nitrogen and oxygen atoms in total. The van der Waals surface area contributed by atoms with Crippen LogP contribution in [0.15, 0.2) is 34.9 Å². The lowest BCUT2D eigenvalue weighted by Crippen LogP contribution is -2.16. The quantitative estimate of drug-likeness (QED) is 0.882. The van der Waals surface area contributed by atoms with Crippen LogP contribution >= 0.6 is 0 Å². The van der Waals surface area contributed by atoms with E-state index in [-0.39, 0.29) is 5.92 Å². The van der Waals surface area contributed by atoms with Crippen molar-refractivity contribution in [2.75, 3.05) is 18.9 Å². The highest BCUT2D eigenvalue weighted by Crippen LogP contribution is 2.36. The van der Waals surface area contributed by atoms with Crippen molar-refractivity contribution in [3.63, 3.8) is 0 Å². The molecule has 1 atom stereocenters. The molecule has 0 aliphatic carbocycles. The summed E-state index contributed by atoms with van der Waals surface area (Å²) >= 11 is 0. The van der Waals surface area contributed by atoms with E-state index in [1.165, 1.54) is 0 Å². The van der Waals surface area contributed by atoms with Crippen LogP contribution in [-0.2, 0) is 4.74 Å². The first-order valence-electron chi connectivity index (χ1n) is 6.24. The molecule has 0 saturated carbocycles. The van der Waals surface area contributed by atoms with E-state index in [0.29, 0.717) is 12.5 Å². The summed E-state index contributed by atoms with van der Waals surface area (Å²) in [6.07, 6.45) is 2.14. The number of nitrogen functional groups attached to an aromatic ring is 1. The Labute approximate surface area is 106 Å². The lowest BCUT2D eigenvalue weighted by molar-refractivity contribution is 0.0785. The van der Waals surface area contributed by atoms with Crippen LogP contribution < -0.4 is 5.73 Å². The third-order valence-corrected chi connectivity index (χ3v) is 3.35. The van der Waals surface area contributed by atoms with Gasteiger partial charge in [-0.25, -0.2) is 0 Å². The fourth-order valence-corrected chi connectivity index (χ4v) is 2.45. The van der Waals surface area contributed by atoms with E-state index in [1.807, 2.05) is 30.3 Å². The second-order valence-electron chi connectivity index (χ2n) is 4.59. The summed E-state index contributed by atoms with van der Waals surface area (Å²) in [5.74, 6) is 0.678. The molecule has 94 valence electrons. The average molecular weight is 244 g/mol. The van der Waals surface area contributed by atoms with Gasteiger partial charge in [-0.05, 0) is 18.4 Å². The van der Waals surface area contributed by atoms with Crippen LogP contribution in [0.5, 0.6) is 0 Å². The number of hydrogen-bond acceptors (Lipinski definition) is 4. The van der Waals surface area contributed by atoms with Gasteiger partial charge in [0.25, 0.3) is 0 Å². The van der Waals surface area contributed by atoms with Crippen molar-refractivity contribution in [3.8, 4) is 11.1 Å². The first kappa shape index (κ1) is 11.3.